The highest BCUT2D eigenvalue weighted by Crippen LogP contribution is 2.26. The molecule has 1 atom stereocenters. The normalized spacial score (nSPS) is 19.1. The van der Waals surface area contributed by atoms with Gasteiger partial charge in [-0.2, -0.15) is 0 Å². The number of rotatable bonds is 3. The average molecular weight is 247 g/mol. The lowest BCUT2D eigenvalue weighted by atomic mass is 10.1. The third-order valence-electron chi connectivity index (χ3n) is 3.21. The highest BCUT2D eigenvalue weighted by Gasteiger charge is 2.33. The van der Waals surface area contributed by atoms with Crippen molar-refractivity contribution in [3.8, 4) is 0 Å². The lowest BCUT2D eigenvalue weighted by Gasteiger charge is -2.18. The van der Waals surface area contributed by atoms with Crippen LogP contribution in [-0.4, -0.2) is 32.5 Å². The van der Waals surface area contributed by atoms with Crippen molar-refractivity contribution in [1.82, 2.24) is 0 Å². The van der Waals surface area contributed by atoms with Gasteiger partial charge in [-0.25, -0.2) is 0 Å². The smallest absolute Gasteiger partial charge is 0.227 e. The van der Waals surface area contributed by atoms with E-state index in [-0.39, 0.29) is 18.2 Å². The Morgan fingerprint density at radius 2 is 1.94 bits per heavy atom. The summed E-state index contributed by atoms with van der Waals surface area (Å²) in [5, 5.41) is 0. The summed E-state index contributed by atoms with van der Waals surface area (Å²) in [4.78, 5) is 26.5. The second-order valence-electron chi connectivity index (χ2n) is 4.72. The van der Waals surface area contributed by atoms with Gasteiger partial charge in [-0.15, -0.1) is 0 Å². The minimum atomic E-state index is -0.407. The number of amides is 2. The van der Waals surface area contributed by atoms with Crippen LogP contribution in [0.1, 0.15) is 6.42 Å². The zero-order chi connectivity index (χ0) is 13.3. The molecule has 1 aliphatic rings. The number of carbonyl (C=O) groups excluding carboxylic acids is 2. The predicted octanol–water partition coefficient (Wildman–Crippen LogP) is 0.591. The van der Waals surface area contributed by atoms with E-state index >= 15 is 0 Å². The van der Waals surface area contributed by atoms with Gasteiger partial charge in [0.2, 0.25) is 11.8 Å². The summed E-state index contributed by atoms with van der Waals surface area (Å²) in [5.74, 6) is -0.821. The summed E-state index contributed by atoms with van der Waals surface area (Å²) in [6.07, 6.45) is 0.213. The molecule has 5 nitrogen and oxygen atoms in total. The van der Waals surface area contributed by atoms with E-state index in [2.05, 4.69) is 0 Å². The molecule has 0 radical (unpaired) electrons. The molecule has 0 spiro atoms. The van der Waals surface area contributed by atoms with Crippen molar-refractivity contribution in [3.63, 3.8) is 0 Å². The molecule has 5 heteroatoms. The van der Waals surface area contributed by atoms with Crippen LogP contribution in [0.3, 0.4) is 0 Å². The highest BCUT2D eigenvalue weighted by atomic mass is 16.2. The Bertz CT molecular complexity index is 468. The van der Waals surface area contributed by atoms with Crippen molar-refractivity contribution in [2.75, 3.05) is 30.4 Å². The van der Waals surface area contributed by atoms with E-state index < -0.39 is 5.91 Å². The van der Waals surface area contributed by atoms with Crippen LogP contribution < -0.4 is 15.5 Å². The molecule has 2 rings (SSSR count). The van der Waals surface area contributed by atoms with E-state index in [1.807, 2.05) is 43.3 Å². The van der Waals surface area contributed by atoms with E-state index in [0.717, 1.165) is 11.4 Å². The average Bonchev–Trinajstić information content (AvgIpc) is 2.71. The van der Waals surface area contributed by atoms with Crippen molar-refractivity contribution >= 4 is 23.2 Å². The van der Waals surface area contributed by atoms with E-state index in [4.69, 9.17) is 5.73 Å². The number of nitrogens with two attached hydrogens (primary N) is 1. The number of hydrogen-bond donors (Lipinski definition) is 1. The maximum absolute atomic E-state index is 11.8. The molecule has 96 valence electrons. The summed E-state index contributed by atoms with van der Waals surface area (Å²) in [6, 6.07) is 7.66. The third-order valence-corrected chi connectivity index (χ3v) is 3.21. The third kappa shape index (κ3) is 2.30. The van der Waals surface area contributed by atoms with E-state index in [1.54, 1.807) is 4.90 Å². The summed E-state index contributed by atoms with van der Waals surface area (Å²) >= 11 is 0. The first kappa shape index (κ1) is 12.4. The molecule has 18 heavy (non-hydrogen) atoms. The van der Waals surface area contributed by atoms with E-state index in [0.29, 0.717) is 6.54 Å². The molecule has 2 amide bonds. The highest BCUT2D eigenvalue weighted by molar-refractivity contribution is 6.00. The number of carbonyl (C=O) groups is 2. The SMILES string of the molecule is CN(C)c1ccc(N2C[C@H](C(N)=O)CC2=O)cc1. The lowest BCUT2D eigenvalue weighted by molar-refractivity contribution is -0.123. The van der Waals surface area contributed by atoms with Crippen LogP contribution in [0.15, 0.2) is 24.3 Å². The van der Waals surface area contributed by atoms with E-state index in [9.17, 15) is 9.59 Å². The Kier molecular flexibility index (Phi) is 3.23. The Morgan fingerprint density at radius 3 is 2.39 bits per heavy atom. The van der Waals surface area contributed by atoms with Crippen LogP contribution in [0, 0.1) is 5.92 Å². The second kappa shape index (κ2) is 4.68. The van der Waals surface area contributed by atoms with Crippen molar-refractivity contribution in [2.45, 2.75) is 6.42 Å². The fourth-order valence-electron chi connectivity index (χ4n) is 2.08. The second-order valence-corrected chi connectivity index (χ2v) is 4.72. The van der Waals surface area contributed by atoms with Crippen molar-refractivity contribution < 1.29 is 9.59 Å². The molecule has 0 unspecified atom stereocenters. The molecule has 0 aliphatic carbocycles. The fraction of sp³-hybridized carbons (Fsp3) is 0.385. The zero-order valence-corrected chi connectivity index (χ0v) is 10.6. The molecule has 0 bridgehead atoms. The van der Waals surface area contributed by atoms with Crippen molar-refractivity contribution in [1.29, 1.82) is 0 Å². The van der Waals surface area contributed by atoms with Gasteiger partial charge in [0.25, 0.3) is 0 Å². The Morgan fingerprint density at radius 1 is 1.33 bits per heavy atom. The Balaban J connectivity index is 2.17. The maximum Gasteiger partial charge on any atom is 0.227 e. The Labute approximate surface area is 106 Å². The minimum Gasteiger partial charge on any atom is -0.378 e. The molecule has 1 aromatic carbocycles. The van der Waals surface area contributed by atoms with Crippen LogP contribution in [-0.2, 0) is 9.59 Å². The summed E-state index contributed by atoms with van der Waals surface area (Å²) < 4.78 is 0. The van der Waals surface area contributed by atoms with Crippen molar-refractivity contribution in [2.24, 2.45) is 11.7 Å². The molecule has 1 saturated heterocycles. The molecule has 1 aromatic rings. The van der Waals surface area contributed by atoms with Crippen LogP contribution in [0.2, 0.25) is 0 Å². The molecule has 1 heterocycles. The van der Waals surface area contributed by atoms with Gasteiger partial charge in [0.1, 0.15) is 0 Å². The van der Waals surface area contributed by atoms with Gasteiger partial charge >= 0.3 is 0 Å². The fourth-order valence-corrected chi connectivity index (χ4v) is 2.08. The zero-order valence-electron chi connectivity index (χ0n) is 10.6. The molecular formula is C13H17N3O2. The lowest BCUT2D eigenvalue weighted by Crippen LogP contribution is -2.28. The first-order valence-corrected chi connectivity index (χ1v) is 5.86. The Hall–Kier alpha value is -2.04. The number of benzene rings is 1. The first-order valence-electron chi connectivity index (χ1n) is 5.86. The van der Waals surface area contributed by atoms with Crippen LogP contribution in [0.5, 0.6) is 0 Å². The standard InChI is InChI=1S/C13H17N3O2/c1-15(2)10-3-5-11(6-4-10)16-8-9(13(14)18)7-12(16)17/h3-6,9H,7-8H2,1-2H3,(H2,14,18)/t9-/m1/s1. The molecule has 0 saturated carbocycles. The summed E-state index contributed by atoms with van der Waals surface area (Å²) in [5.41, 5.74) is 7.12. The largest absolute Gasteiger partial charge is 0.378 e. The first-order chi connectivity index (χ1) is 8.49. The minimum absolute atomic E-state index is 0.0450. The van der Waals surface area contributed by atoms with Gasteiger partial charge in [0.15, 0.2) is 0 Å². The van der Waals surface area contributed by atoms with Crippen LogP contribution in [0.25, 0.3) is 0 Å². The van der Waals surface area contributed by atoms with Crippen LogP contribution in [0.4, 0.5) is 11.4 Å². The van der Waals surface area contributed by atoms with Gasteiger partial charge in [-0.05, 0) is 24.3 Å². The summed E-state index contributed by atoms with van der Waals surface area (Å²) in [7, 11) is 3.91. The van der Waals surface area contributed by atoms with E-state index in [1.165, 1.54) is 0 Å². The van der Waals surface area contributed by atoms with Gasteiger partial charge in [-0.3, -0.25) is 9.59 Å². The van der Waals surface area contributed by atoms with Crippen LogP contribution >= 0.6 is 0 Å². The number of anilines is 2. The molecular weight excluding hydrogens is 230 g/mol. The molecule has 1 fully saturated rings. The topological polar surface area (TPSA) is 66.6 Å². The molecule has 0 aromatic heterocycles. The predicted molar refractivity (Wildman–Crippen MR) is 70.4 cm³/mol. The maximum atomic E-state index is 11.8. The van der Waals surface area contributed by atoms with Gasteiger partial charge in [-0.1, -0.05) is 0 Å². The van der Waals surface area contributed by atoms with Gasteiger partial charge in [0.05, 0.1) is 5.92 Å². The monoisotopic (exact) mass is 247 g/mol. The number of primary amides is 1. The van der Waals surface area contributed by atoms with Gasteiger partial charge < -0.3 is 15.5 Å². The molecule has 1 aliphatic heterocycles. The number of nitrogens with zero attached hydrogens (tertiary/aromatic N) is 2. The quantitative estimate of drug-likeness (QED) is 0.850. The number of hydrogen-bond acceptors (Lipinski definition) is 3. The molecule has 2 N–H and O–H groups in total. The van der Waals surface area contributed by atoms with Crippen molar-refractivity contribution in [3.05, 3.63) is 24.3 Å². The van der Waals surface area contributed by atoms with Gasteiger partial charge in [0, 0.05) is 38.4 Å². The summed E-state index contributed by atoms with van der Waals surface area (Å²) in [6.45, 7) is 0.384.